The van der Waals surface area contributed by atoms with Crippen molar-refractivity contribution in [2.24, 2.45) is 11.5 Å². The van der Waals surface area contributed by atoms with Crippen LogP contribution in [0.15, 0.2) is 0 Å². The molecule has 2 amide bonds. The molecule has 0 rings (SSSR count). The average molecular weight is 208 g/mol. The first-order chi connectivity index (χ1) is 5.97. The molecular formula is C9H24N2OS. The SMILES string of the molecule is CCS(CC)(CC)CC.NC(N)=O. The Hall–Kier alpha value is -0.380. The highest BCUT2D eigenvalue weighted by molar-refractivity contribution is 8.33. The van der Waals surface area contributed by atoms with Gasteiger partial charge >= 0.3 is 6.03 Å². The van der Waals surface area contributed by atoms with Gasteiger partial charge in [0.2, 0.25) is 0 Å². The Kier molecular flexibility index (Phi) is 9.56. The fourth-order valence-corrected chi connectivity index (χ4v) is 3.67. The zero-order valence-electron chi connectivity index (χ0n) is 9.30. The minimum absolute atomic E-state index is 0.148. The summed E-state index contributed by atoms with van der Waals surface area (Å²) < 4.78 is 0. The van der Waals surface area contributed by atoms with E-state index in [1.54, 1.807) is 0 Å². The van der Waals surface area contributed by atoms with E-state index in [0.29, 0.717) is 0 Å². The third-order valence-electron chi connectivity index (χ3n) is 2.45. The molecule has 0 aromatic heterocycles. The first-order valence-electron chi connectivity index (χ1n) is 4.76. The van der Waals surface area contributed by atoms with Gasteiger partial charge in [-0.15, -0.1) is 0 Å². The topological polar surface area (TPSA) is 69.1 Å². The van der Waals surface area contributed by atoms with Crippen LogP contribution in [-0.4, -0.2) is 29.0 Å². The monoisotopic (exact) mass is 208 g/mol. The van der Waals surface area contributed by atoms with E-state index in [9.17, 15) is 0 Å². The fourth-order valence-electron chi connectivity index (χ4n) is 1.22. The van der Waals surface area contributed by atoms with Crippen molar-refractivity contribution in [1.82, 2.24) is 0 Å². The van der Waals surface area contributed by atoms with Gasteiger partial charge in [-0.3, -0.25) is 0 Å². The highest BCUT2D eigenvalue weighted by atomic mass is 32.3. The Morgan fingerprint density at radius 3 is 1.08 bits per heavy atom. The Labute approximate surface area is 83.6 Å². The quantitative estimate of drug-likeness (QED) is 0.728. The van der Waals surface area contributed by atoms with Gasteiger partial charge in [-0.05, 0) is 23.0 Å². The summed E-state index contributed by atoms with van der Waals surface area (Å²) in [5, 5.41) is 0. The molecule has 0 saturated heterocycles. The molecule has 13 heavy (non-hydrogen) atoms. The molecule has 0 aromatic rings. The van der Waals surface area contributed by atoms with Crippen LogP contribution in [0.25, 0.3) is 0 Å². The molecule has 0 aliphatic heterocycles. The van der Waals surface area contributed by atoms with Gasteiger partial charge in [0, 0.05) is 0 Å². The fraction of sp³-hybridized carbons (Fsp3) is 0.889. The summed E-state index contributed by atoms with van der Waals surface area (Å²) >= 11 is 0. The van der Waals surface area contributed by atoms with E-state index in [-0.39, 0.29) is 10.0 Å². The molecule has 0 heterocycles. The summed E-state index contributed by atoms with van der Waals surface area (Å²) in [6, 6.07) is -0.833. The molecule has 0 unspecified atom stereocenters. The third kappa shape index (κ3) is 7.96. The van der Waals surface area contributed by atoms with Crippen molar-refractivity contribution in [3.8, 4) is 0 Å². The minimum atomic E-state index is -0.833. The predicted molar refractivity (Wildman–Crippen MR) is 63.5 cm³/mol. The van der Waals surface area contributed by atoms with Crippen molar-refractivity contribution < 1.29 is 4.79 Å². The van der Waals surface area contributed by atoms with Crippen LogP contribution in [0.3, 0.4) is 0 Å². The number of urea groups is 1. The van der Waals surface area contributed by atoms with Gasteiger partial charge in [-0.2, -0.15) is 0 Å². The summed E-state index contributed by atoms with van der Waals surface area (Å²) in [7, 11) is -0.148. The van der Waals surface area contributed by atoms with E-state index >= 15 is 0 Å². The number of primary amides is 2. The van der Waals surface area contributed by atoms with Crippen LogP contribution in [0.4, 0.5) is 4.79 Å². The Balaban J connectivity index is 0. The van der Waals surface area contributed by atoms with Crippen LogP contribution in [0, 0.1) is 0 Å². The highest BCUT2D eigenvalue weighted by Gasteiger charge is 2.13. The van der Waals surface area contributed by atoms with Crippen LogP contribution in [0.2, 0.25) is 0 Å². The molecule has 0 atom stereocenters. The standard InChI is InChI=1S/C8H20S.CH4N2O/c1-5-9(6-2,7-3)8-4;2-1(3)4/h5-8H2,1-4H3;(H4,2,3,4). The van der Waals surface area contributed by atoms with Gasteiger partial charge in [0.1, 0.15) is 0 Å². The molecule has 0 aliphatic rings. The van der Waals surface area contributed by atoms with Crippen LogP contribution in [-0.2, 0) is 0 Å². The van der Waals surface area contributed by atoms with Crippen molar-refractivity contribution in [2.75, 3.05) is 23.0 Å². The summed E-state index contributed by atoms with van der Waals surface area (Å²) in [5.41, 5.74) is 8.50. The molecule has 0 spiro atoms. The van der Waals surface area contributed by atoms with E-state index in [2.05, 4.69) is 39.2 Å². The zero-order valence-corrected chi connectivity index (χ0v) is 10.1. The number of carbonyl (C=O) groups is 1. The van der Waals surface area contributed by atoms with Crippen molar-refractivity contribution in [3.05, 3.63) is 0 Å². The van der Waals surface area contributed by atoms with E-state index in [0.717, 1.165) is 0 Å². The van der Waals surface area contributed by atoms with Crippen LogP contribution in [0.1, 0.15) is 27.7 Å². The zero-order chi connectivity index (χ0) is 10.9. The van der Waals surface area contributed by atoms with Crippen molar-refractivity contribution in [1.29, 1.82) is 0 Å². The van der Waals surface area contributed by atoms with Crippen LogP contribution >= 0.6 is 10.0 Å². The van der Waals surface area contributed by atoms with E-state index in [4.69, 9.17) is 4.79 Å². The lowest BCUT2D eigenvalue weighted by Gasteiger charge is -2.35. The molecule has 0 aromatic carbocycles. The summed E-state index contributed by atoms with van der Waals surface area (Å²) in [4.78, 5) is 9.00. The van der Waals surface area contributed by atoms with Gasteiger partial charge in [-0.1, -0.05) is 27.7 Å². The van der Waals surface area contributed by atoms with Gasteiger partial charge in [0.15, 0.2) is 0 Å². The molecular weight excluding hydrogens is 184 g/mol. The summed E-state index contributed by atoms with van der Waals surface area (Å²) in [5.74, 6) is 5.71. The number of rotatable bonds is 4. The predicted octanol–water partition coefficient (Wildman–Crippen LogP) is 1.89. The van der Waals surface area contributed by atoms with Gasteiger partial charge in [0.05, 0.1) is 0 Å². The molecule has 0 bridgehead atoms. The molecule has 3 nitrogen and oxygen atoms in total. The Bertz CT molecular complexity index is 114. The molecule has 0 radical (unpaired) electrons. The molecule has 0 aliphatic carbocycles. The lowest BCUT2D eigenvalue weighted by Crippen LogP contribution is -2.18. The van der Waals surface area contributed by atoms with Gasteiger partial charge in [-0.25, -0.2) is 14.8 Å². The molecule has 4 N–H and O–H groups in total. The molecule has 4 heteroatoms. The number of amides is 2. The van der Waals surface area contributed by atoms with Crippen molar-refractivity contribution >= 4 is 16.1 Å². The second-order valence-electron chi connectivity index (χ2n) is 2.78. The van der Waals surface area contributed by atoms with Crippen molar-refractivity contribution in [3.63, 3.8) is 0 Å². The van der Waals surface area contributed by atoms with E-state index in [1.165, 1.54) is 23.0 Å². The second kappa shape index (κ2) is 8.23. The highest BCUT2D eigenvalue weighted by Crippen LogP contribution is 2.45. The van der Waals surface area contributed by atoms with Crippen LogP contribution < -0.4 is 11.5 Å². The number of hydrogen-bond acceptors (Lipinski definition) is 1. The number of nitrogens with two attached hydrogens (primary N) is 2. The largest absolute Gasteiger partial charge is 0.352 e. The normalized spacial score (nSPS) is 11.4. The van der Waals surface area contributed by atoms with Crippen LogP contribution in [0.5, 0.6) is 0 Å². The molecule has 0 saturated carbocycles. The van der Waals surface area contributed by atoms with Gasteiger partial charge < -0.3 is 11.5 Å². The van der Waals surface area contributed by atoms with E-state index < -0.39 is 6.03 Å². The summed E-state index contributed by atoms with van der Waals surface area (Å²) in [6.45, 7) is 9.36. The minimum Gasteiger partial charge on any atom is -0.352 e. The van der Waals surface area contributed by atoms with E-state index in [1.807, 2.05) is 0 Å². The lowest BCUT2D eigenvalue weighted by atomic mass is 10.9. The first-order valence-corrected chi connectivity index (χ1v) is 7.07. The maximum atomic E-state index is 9.00. The number of carbonyl (C=O) groups excluding carboxylic acids is 1. The maximum absolute atomic E-state index is 9.00. The molecule has 82 valence electrons. The van der Waals surface area contributed by atoms with Crippen molar-refractivity contribution in [2.45, 2.75) is 27.7 Å². The average Bonchev–Trinajstić information content (AvgIpc) is 2.09. The molecule has 0 fully saturated rings. The third-order valence-corrected chi connectivity index (χ3v) is 7.35. The smallest absolute Gasteiger partial charge is 0.309 e. The first kappa shape index (κ1) is 15.1. The Morgan fingerprint density at radius 2 is 1.08 bits per heavy atom. The Morgan fingerprint density at radius 1 is 0.923 bits per heavy atom. The number of hydrogen-bond donors (Lipinski definition) is 2. The summed E-state index contributed by atoms with van der Waals surface area (Å²) in [6.07, 6.45) is 0. The lowest BCUT2D eigenvalue weighted by molar-refractivity contribution is 0.256. The second-order valence-corrected chi connectivity index (χ2v) is 7.54. The van der Waals surface area contributed by atoms with Gasteiger partial charge in [0.25, 0.3) is 0 Å². The maximum Gasteiger partial charge on any atom is 0.309 e.